The Balaban J connectivity index is 4.72. The van der Waals surface area contributed by atoms with Gasteiger partial charge in [0.2, 0.25) is 3.79 Å². The first-order valence-corrected chi connectivity index (χ1v) is 9.40. The Morgan fingerprint density at radius 2 is 1.75 bits per heavy atom. The van der Waals surface area contributed by atoms with Gasteiger partial charge in [-0.25, -0.2) is 9.59 Å². The van der Waals surface area contributed by atoms with Crippen LogP contribution in [0.25, 0.3) is 0 Å². The lowest BCUT2D eigenvalue weighted by Crippen LogP contribution is -2.44. The van der Waals surface area contributed by atoms with Gasteiger partial charge in [0.1, 0.15) is 24.0 Å². The van der Waals surface area contributed by atoms with Crippen molar-refractivity contribution in [1.82, 2.24) is 5.32 Å². The molecule has 0 aromatic carbocycles. The highest BCUT2D eigenvalue weighted by Crippen LogP contribution is 2.26. The molecule has 0 aromatic rings. The average molecular weight is 470 g/mol. The SMILES string of the molecule is CC(C)(C)OC(=O)N[C@@H](CCCC(=O)CBr)C(=O)OCC(Cl)(Cl)Cl. The number of ether oxygens (including phenoxy) is 2. The third-order valence-electron chi connectivity index (χ3n) is 2.45. The van der Waals surface area contributed by atoms with Gasteiger partial charge in [-0.1, -0.05) is 50.7 Å². The normalized spacial score (nSPS) is 13.1. The van der Waals surface area contributed by atoms with Crippen molar-refractivity contribution < 1.29 is 23.9 Å². The van der Waals surface area contributed by atoms with Crippen LogP contribution in [-0.4, -0.2) is 45.2 Å². The summed E-state index contributed by atoms with van der Waals surface area (Å²) < 4.78 is 8.23. The molecule has 0 saturated carbocycles. The van der Waals surface area contributed by atoms with E-state index in [1.807, 2.05) is 0 Å². The van der Waals surface area contributed by atoms with Crippen molar-refractivity contribution in [3.63, 3.8) is 0 Å². The lowest BCUT2D eigenvalue weighted by atomic mass is 10.1. The number of halogens is 4. The van der Waals surface area contributed by atoms with Crippen LogP contribution in [0.1, 0.15) is 40.0 Å². The molecule has 0 spiro atoms. The molecule has 1 atom stereocenters. The molecule has 1 amide bonds. The molecular formula is C14H21BrCl3NO5. The Hall–Kier alpha value is -0.240. The van der Waals surface area contributed by atoms with Crippen molar-refractivity contribution in [2.75, 3.05) is 11.9 Å². The number of alkyl halides is 4. The van der Waals surface area contributed by atoms with Crippen LogP contribution >= 0.6 is 50.7 Å². The zero-order valence-corrected chi connectivity index (χ0v) is 17.5. The van der Waals surface area contributed by atoms with E-state index in [1.165, 1.54) is 0 Å². The summed E-state index contributed by atoms with van der Waals surface area (Å²) in [6.45, 7) is 4.62. The Morgan fingerprint density at radius 1 is 1.17 bits per heavy atom. The first-order chi connectivity index (χ1) is 10.8. The van der Waals surface area contributed by atoms with Crippen LogP contribution in [0.5, 0.6) is 0 Å². The summed E-state index contributed by atoms with van der Waals surface area (Å²) in [6.07, 6.45) is 0.0602. The van der Waals surface area contributed by atoms with Crippen molar-refractivity contribution >= 4 is 68.6 Å². The van der Waals surface area contributed by atoms with Gasteiger partial charge in [0.05, 0.1) is 5.33 Å². The van der Waals surface area contributed by atoms with Crippen molar-refractivity contribution in [3.8, 4) is 0 Å². The number of hydrogen-bond donors (Lipinski definition) is 1. The summed E-state index contributed by atoms with van der Waals surface area (Å²) in [5, 5.41) is 2.64. The minimum absolute atomic E-state index is 0.0133. The Morgan fingerprint density at radius 3 is 2.21 bits per heavy atom. The molecule has 0 rings (SSSR count). The van der Waals surface area contributed by atoms with Gasteiger partial charge >= 0.3 is 12.1 Å². The van der Waals surface area contributed by atoms with Gasteiger partial charge in [0.25, 0.3) is 0 Å². The minimum Gasteiger partial charge on any atom is -0.460 e. The van der Waals surface area contributed by atoms with E-state index in [0.717, 1.165) is 0 Å². The Bertz CT molecular complexity index is 449. The number of carbonyl (C=O) groups excluding carboxylic acids is 3. The zero-order chi connectivity index (χ0) is 19.0. The summed E-state index contributed by atoms with van der Waals surface area (Å²) in [5.41, 5.74) is -0.720. The van der Waals surface area contributed by atoms with Crippen LogP contribution in [0.3, 0.4) is 0 Å². The average Bonchev–Trinajstić information content (AvgIpc) is 2.40. The van der Waals surface area contributed by atoms with Crippen LogP contribution in [-0.2, 0) is 19.1 Å². The summed E-state index contributed by atoms with van der Waals surface area (Å²) >= 11 is 19.6. The van der Waals surface area contributed by atoms with Gasteiger partial charge in [-0.3, -0.25) is 4.79 Å². The number of nitrogens with one attached hydrogen (secondary N) is 1. The Labute approximate surface area is 165 Å². The highest BCUT2D eigenvalue weighted by Gasteiger charge is 2.28. The second kappa shape index (κ2) is 10.7. The van der Waals surface area contributed by atoms with Crippen LogP contribution in [0.4, 0.5) is 4.79 Å². The van der Waals surface area contributed by atoms with Crippen LogP contribution in [0.2, 0.25) is 0 Å². The second-order valence-corrected chi connectivity index (χ2v) is 9.06. The molecule has 1 N–H and O–H groups in total. The van der Waals surface area contributed by atoms with E-state index in [0.29, 0.717) is 6.42 Å². The fourth-order valence-electron chi connectivity index (χ4n) is 1.52. The van der Waals surface area contributed by atoms with Gasteiger partial charge in [0, 0.05) is 6.42 Å². The summed E-state index contributed by atoms with van der Waals surface area (Å²) in [5.74, 6) is -0.779. The molecule has 0 unspecified atom stereocenters. The van der Waals surface area contributed by atoms with E-state index >= 15 is 0 Å². The van der Waals surface area contributed by atoms with Gasteiger partial charge in [0.15, 0.2) is 0 Å². The largest absolute Gasteiger partial charge is 0.460 e. The Kier molecular flexibility index (Phi) is 10.6. The smallest absolute Gasteiger partial charge is 0.408 e. The molecule has 0 aliphatic heterocycles. The topological polar surface area (TPSA) is 81.7 Å². The van der Waals surface area contributed by atoms with Gasteiger partial charge in [-0.15, -0.1) is 0 Å². The van der Waals surface area contributed by atoms with Gasteiger partial charge < -0.3 is 14.8 Å². The third kappa shape index (κ3) is 13.1. The van der Waals surface area contributed by atoms with E-state index in [1.54, 1.807) is 20.8 Å². The molecule has 0 aliphatic rings. The third-order valence-corrected chi connectivity index (χ3v) is 3.40. The van der Waals surface area contributed by atoms with Gasteiger partial charge in [-0.05, 0) is 33.6 Å². The van der Waals surface area contributed by atoms with E-state index < -0.39 is 34.1 Å². The van der Waals surface area contributed by atoms with Crippen molar-refractivity contribution in [3.05, 3.63) is 0 Å². The number of alkyl carbamates (subject to hydrolysis) is 1. The number of amides is 1. The van der Waals surface area contributed by atoms with E-state index in [4.69, 9.17) is 44.3 Å². The summed E-state index contributed by atoms with van der Waals surface area (Å²) in [4.78, 5) is 35.2. The number of rotatable bonds is 8. The first-order valence-electron chi connectivity index (χ1n) is 7.14. The highest BCUT2D eigenvalue weighted by molar-refractivity contribution is 9.09. The zero-order valence-electron chi connectivity index (χ0n) is 13.7. The molecule has 6 nitrogen and oxygen atoms in total. The predicted molar refractivity (Wildman–Crippen MR) is 97.1 cm³/mol. The highest BCUT2D eigenvalue weighted by atomic mass is 79.9. The first kappa shape index (κ1) is 23.8. The molecule has 0 aromatic heterocycles. The minimum atomic E-state index is -1.75. The van der Waals surface area contributed by atoms with Crippen molar-refractivity contribution in [2.24, 2.45) is 0 Å². The van der Waals surface area contributed by atoms with Crippen LogP contribution in [0, 0.1) is 0 Å². The molecule has 24 heavy (non-hydrogen) atoms. The molecule has 140 valence electrons. The number of Topliss-reactive ketones (excluding diaryl/α,β-unsaturated/α-hetero) is 1. The molecule has 0 aliphatic carbocycles. The number of ketones is 1. The maximum Gasteiger partial charge on any atom is 0.408 e. The van der Waals surface area contributed by atoms with E-state index in [9.17, 15) is 14.4 Å². The molecule has 0 heterocycles. The van der Waals surface area contributed by atoms with E-state index in [-0.39, 0.29) is 24.0 Å². The number of carbonyl (C=O) groups is 3. The molecular weight excluding hydrogens is 448 g/mol. The predicted octanol–water partition coefficient (Wildman–Crippen LogP) is 3.93. The lowest BCUT2D eigenvalue weighted by molar-refractivity contribution is -0.146. The lowest BCUT2D eigenvalue weighted by Gasteiger charge is -2.23. The maximum absolute atomic E-state index is 12.1. The number of esters is 1. The quantitative estimate of drug-likeness (QED) is 0.430. The van der Waals surface area contributed by atoms with Crippen molar-refractivity contribution in [2.45, 2.75) is 55.5 Å². The van der Waals surface area contributed by atoms with Crippen molar-refractivity contribution in [1.29, 1.82) is 0 Å². The fraction of sp³-hybridized carbons (Fsp3) is 0.786. The van der Waals surface area contributed by atoms with E-state index in [2.05, 4.69) is 21.2 Å². The second-order valence-electron chi connectivity index (χ2n) is 5.99. The summed E-state index contributed by atoms with van der Waals surface area (Å²) in [7, 11) is 0. The number of hydrogen-bond acceptors (Lipinski definition) is 5. The summed E-state index contributed by atoms with van der Waals surface area (Å²) in [6, 6.07) is -1.00. The monoisotopic (exact) mass is 467 g/mol. The molecule has 0 saturated heterocycles. The molecule has 0 bridgehead atoms. The van der Waals surface area contributed by atoms with Crippen LogP contribution in [0.15, 0.2) is 0 Å². The molecule has 0 fully saturated rings. The molecule has 10 heteroatoms. The van der Waals surface area contributed by atoms with Gasteiger partial charge in [-0.2, -0.15) is 0 Å². The standard InChI is InChI=1S/C14H21BrCl3NO5/c1-13(2,3)24-12(22)19-10(6-4-5-9(20)7-15)11(21)23-8-14(16,17)18/h10H,4-8H2,1-3H3,(H,19,22)/t10-/m0/s1. The fourth-order valence-corrected chi connectivity index (χ4v) is 1.97. The molecule has 0 radical (unpaired) electrons. The maximum atomic E-state index is 12.1. The van der Waals surface area contributed by atoms with Crippen LogP contribution < -0.4 is 5.32 Å².